The molecule has 2 aliphatic heterocycles. The van der Waals surface area contributed by atoms with Gasteiger partial charge in [0.2, 0.25) is 5.91 Å². The largest absolute Gasteiger partial charge is 0.481 e. The predicted octanol–water partition coefficient (Wildman–Crippen LogP) is 1.34. The van der Waals surface area contributed by atoms with E-state index in [1.807, 2.05) is 4.90 Å². The minimum Gasteiger partial charge on any atom is -0.481 e. The fraction of sp³-hybridized carbons (Fsp3) is 0.722. The SMILES string of the molecule is O=C(CC1CCCC1)N1C[C@H]2CN(Cc3ncc[nH]3)C[C@@]2(C(=O)O)C1. The summed E-state index contributed by atoms with van der Waals surface area (Å²) in [6.07, 6.45) is 8.82. The molecule has 1 aromatic rings. The van der Waals surface area contributed by atoms with Crippen molar-refractivity contribution in [1.82, 2.24) is 19.8 Å². The van der Waals surface area contributed by atoms with Gasteiger partial charge < -0.3 is 15.0 Å². The molecule has 1 amide bonds. The third-order valence-electron chi connectivity index (χ3n) is 6.32. The van der Waals surface area contributed by atoms with Crippen LogP contribution in [0.1, 0.15) is 37.9 Å². The lowest BCUT2D eigenvalue weighted by Crippen LogP contribution is -2.42. The Bertz CT molecular complexity index is 641. The van der Waals surface area contributed by atoms with E-state index in [1.165, 1.54) is 12.8 Å². The highest BCUT2D eigenvalue weighted by molar-refractivity contribution is 5.81. The number of aliphatic carboxylic acids is 1. The minimum atomic E-state index is -0.821. The lowest BCUT2D eigenvalue weighted by molar-refractivity contribution is -0.149. The number of fused-ring (bicyclic) bond motifs is 1. The van der Waals surface area contributed by atoms with Crippen LogP contribution < -0.4 is 0 Å². The lowest BCUT2D eigenvalue weighted by atomic mass is 9.81. The van der Waals surface area contributed by atoms with Crippen molar-refractivity contribution in [3.63, 3.8) is 0 Å². The Hall–Kier alpha value is -1.89. The molecule has 0 unspecified atom stereocenters. The van der Waals surface area contributed by atoms with Gasteiger partial charge >= 0.3 is 5.97 Å². The van der Waals surface area contributed by atoms with Gasteiger partial charge in [0, 0.05) is 50.9 Å². The van der Waals surface area contributed by atoms with E-state index in [4.69, 9.17) is 0 Å². The van der Waals surface area contributed by atoms with Crippen LogP contribution in [0.5, 0.6) is 0 Å². The van der Waals surface area contributed by atoms with E-state index in [9.17, 15) is 14.7 Å². The second-order valence-corrected chi connectivity index (χ2v) is 7.99. The normalized spacial score (nSPS) is 30.1. The van der Waals surface area contributed by atoms with Gasteiger partial charge in [0.1, 0.15) is 11.2 Å². The molecular formula is C18H26N4O3. The zero-order chi connectivity index (χ0) is 17.4. The molecule has 0 spiro atoms. The average molecular weight is 346 g/mol. The van der Waals surface area contributed by atoms with Gasteiger partial charge in [0.05, 0.1) is 6.54 Å². The number of carbonyl (C=O) groups is 2. The first-order valence-electron chi connectivity index (χ1n) is 9.28. The summed E-state index contributed by atoms with van der Waals surface area (Å²) in [7, 11) is 0. The van der Waals surface area contributed by atoms with Crippen molar-refractivity contribution in [3.8, 4) is 0 Å². The number of carboxylic acids is 1. The molecule has 3 aliphatic rings. The van der Waals surface area contributed by atoms with Crippen LogP contribution in [0, 0.1) is 17.3 Å². The topological polar surface area (TPSA) is 89.5 Å². The first kappa shape index (κ1) is 16.6. The first-order chi connectivity index (χ1) is 12.1. The van der Waals surface area contributed by atoms with E-state index in [1.54, 1.807) is 12.4 Å². The maximum Gasteiger partial charge on any atom is 0.313 e. The van der Waals surface area contributed by atoms with Crippen LogP contribution in [0.25, 0.3) is 0 Å². The van der Waals surface area contributed by atoms with Crippen molar-refractivity contribution in [3.05, 3.63) is 18.2 Å². The van der Waals surface area contributed by atoms with Crippen LogP contribution in [-0.4, -0.2) is 62.9 Å². The molecule has 2 atom stereocenters. The number of nitrogens with one attached hydrogen (secondary N) is 1. The Morgan fingerprint density at radius 1 is 1.28 bits per heavy atom. The molecule has 136 valence electrons. The molecule has 0 aromatic carbocycles. The van der Waals surface area contributed by atoms with Crippen molar-refractivity contribution >= 4 is 11.9 Å². The minimum absolute atomic E-state index is 0.00694. The summed E-state index contributed by atoms with van der Waals surface area (Å²) >= 11 is 0. The molecule has 0 bridgehead atoms. The quantitative estimate of drug-likeness (QED) is 0.840. The summed E-state index contributed by atoms with van der Waals surface area (Å²) in [5, 5.41) is 9.91. The van der Waals surface area contributed by atoms with Crippen LogP contribution in [0.15, 0.2) is 12.4 Å². The number of hydrogen-bond donors (Lipinski definition) is 2. The van der Waals surface area contributed by atoms with E-state index < -0.39 is 11.4 Å². The number of nitrogens with zero attached hydrogens (tertiary/aromatic N) is 3. The number of rotatable bonds is 5. The average Bonchev–Trinajstić information content (AvgIpc) is 3.29. The van der Waals surface area contributed by atoms with Crippen LogP contribution in [0.3, 0.4) is 0 Å². The number of H-pyrrole nitrogens is 1. The number of imidazole rings is 1. The molecule has 2 saturated heterocycles. The number of aromatic amines is 1. The van der Waals surface area contributed by atoms with Gasteiger partial charge in [-0.3, -0.25) is 14.5 Å². The second kappa shape index (κ2) is 6.44. The van der Waals surface area contributed by atoms with Gasteiger partial charge in [-0.2, -0.15) is 0 Å². The molecule has 1 aliphatic carbocycles. The van der Waals surface area contributed by atoms with Gasteiger partial charge in [-0.05, 0) is 18.8 Å². The van der Waals surface area contributed by atoms with Crippen LogP contribution in [0.4, 0.5) is 0 Å². The highest BCUT2D eigenvalue weighted by Gasteiger charge is 2.58. The molecular weight excluding hydrogens is 320 g/mol. The maximum absolute atomic E-state index is 12.6. The van der Waals surface area contributed by atoms with Crippen molar-refractivity contribution in [1.29, 1.82) is 0 Å². The number of carboxylic acid groups (broad SMARTS) is 1. The standard InChI is InChI=1S/C18H26N4O3/c23-16(7-13-3-1-2-4-13)22-9-14-8-21(10-15-19-5-6-20-15)11-18(14,12-22)17(24)25/h5-6,13-14H,1-4,7-12H2,(H,19,20)(H,24,25)/t14-,18-/m1/s1. The van der Waals surface area contributed by atoms with Gasteiger partial charge in [0.25, 0.3) is 0 Å². The van der Waals surface area contributed by atoms with E-state index >= 15 is 0 Å². The summed E-state index contributed by atoms with van der Waals surface area (Å²) in [4.78, 5) is 36.0. The smallest absolute Gasteiger partial charge is 0.313 e. The molecule has 1 aromatic heterocycles. The van der Waals surface area contributed by atoms with Gasteiger partial charge in [0.15, 0.2) is 0 Å². The highest BCUT2D eigenvalue weighted by atomic mass is 16.4. The highest BCUT2D eigenvalue weighted by Crippen LogP contribution is 2.43. The third kappa shape index (κ3) is 3.05. The van der Waals surface area contributed by atoms with Gasteiger partial charge in [-0.1, -0.05) is 12.8 Å². The summed E-state index contributed by atoms with van der Waals surface area (Å²) in [5.41, 5.74) is -0.821. The summed E-state index contributed by atoms with van der Waals surface area (Å²) in [5.74, 6) is 0.751. The van der Waals surface area contributed by atoms with E-state index in [0.717, 1.165) is 18.7 Å². The van der Waals surface area contributed by atoms with Crippen molar-refractivity contribution in [2.75, 3.05) is 26.2 Å². The van der Waals surface area contributed by atoms with Gasteiger partial charge in [-0.15, -0.1) is 0 Å². The van der Waals surface area contributed by atoms with E-state index in [-0.39, 0.29) is 11.8 Å². The Balaban J connectivity index is 1.41. The van der Waals surface area contributed by atoms with Crippen LogP contribution >= 0.6 is 0 Å². The Morgan fingerprint density at radius 3 is 2.72 bits per heavy atom. The summed E-state index contributed by atoms with van der Waals surface area (Å²) in [6, 6.07) is 0. The summed E-state index contributed by atoms with van der Waals surface area (Å²) in [6.45, 7) is 2.76. The second-order valence-electron chi connectivity index (χ2n) is 7.99. The third-order valence-corrected chi connectivity index (χ3v) is 6.32. The molecule has 3 heterocycles. The Labute approximate surface area is 147 Å². The van der Waals surface area contributed by atoms with Crippen molar-refractivity contribution in [2.24, 2.45) is 17.3 Å². The predicted molar refractivity (Wildman–Crippen MR) is 90.6 cm³/mol. The number of carbonyl (C=O) groups excluding carboxylic acids is 1. The molecule has 1 saturated carbocycles. The van der Waals surface area contributed by atoms with E-state index in [2.05, 4.69) is 14.9 Å². The van der Waals surface area contributed by atoms with Crippen LogP contribution in [0.2, 0.25) is 0 Å². The molecule has 25 heavy (non-hydrogen) atoms. The lowest BCUT2D eigenvalue weighted by Gasteiger charge is -2.25. The molecule has 0 radical (unpaired) electrons. The number of aromatic nitrogens is 2. The number of hydrogen-bond acceptors (Lipinski definition) is 4. The Kier molecular flexibility index (Phi) is 4.27. The molecule has 2 N–H and O–H groups in total. The Morgan fingerprint density at radius 2 is 2.08 bits per heavy atom. The van der Waals surface area contributed by atoms with E-state index in [0.29, 0.717) is 45.1 Å². The van der Waals surface area contributed by atoms with Crippen LogP contribution in [-0.2, 0) is 16.1 Å². The van der Waals surface area contributed by atoms with Gasteiger partial charge in [-0.25, -0.2) is 4.98 Å². The first-order valence-corrected chi connectivity index (χ1v) is 9.28. The molecule has 3 fully saturated rings. The zero-order valence-corrected chi connectivity index (χ0v) is 14.5. The fourth-order valence-corrected chi connectivity index (χ4v) is 4.97. The molecule has 4 rings (SSSR count). The monoisotopic (exact) mass is 346 g/mol. The fourth-order valence-electron chi connectivity index (χ4n) is 4.97. The number of amides is 1. The van der Waals surface area contributed by atoms with Crippen molar-refractivity contribution in [2.45, 2.75) is 38.6 Å². The van der Waals surface area contributed by atoms with Crippen molar-refractivity contribution < 1.29 is 14.7 Å². The number of likely N-dealkylation sites (tertiary alicyclic amines) is 2. The molecule has 7 heteroatoms. The molecule has 7 nitrogen and oxygen atoms in total. The summed E-state index contributed by atoms with van der Waals surface area (Å²) < 4.78 is 0. The maximum atomic E-state index is 12.6. The zero-order valence-electron chi connectivity index (χ0n) is 14.5.